The Kier molecular flexibility index (Phi) is 5.13. The molecule has 0 unspecified atom stereocenters. The molecular formula is C4H8BNO5. The molecule has 0 radical (unpaired) electrons. The Balaban J connectivity index is 3.74. The summed E-state index contributed by atoms with van der Waals surface area (Å²) in [6.07, 6.45) is -1.05. The minimum Gasteiger partial charge on any atom is -0.541 e. The number of carbonyl (C=O) groups is 2. The zero-order valence-electron chi connectivity index (χ0n) is 5.98. The van der Waals surface area contributed by atoms with Crippen molar-refractivity contribution in [1.82, 2.24) is 0 Å². The minimum atomic E-state index is -1.05. The van der Waals surface area contributed by atoms with Crippen LogP contribution in [0.1, 0.15) is 0 Å². The van der Waals surface area contributed by atoms with E-state index in [1.165, 1.54) is 8.05 Å². The van der Waals surface area contributed by atoms with Crippen molar-refractivity contribution in [2.24, 2.45) is 5.90 Å². The smallest absolute Gasteiger partial charge is 0.326 e. The second-order valence-electron chi connectivity index (χ2n) is 1.58. The molecule has 62 valence electrons. The van der Waals surface area contributed by atoms with Crippen LogP contribution in [0.5, 0.6) is 0 Å². The number of hydrogen-bond acceptors (Lipinski definition) is 6. The Morgan fingerprint density at radius 1 is 1.73 bits per heavy atom. The number of hydrogen-bond donors (Lipinski definition) is 1. The first-order chi connectivity index (χ1) is 5.26. The van der Waals surface area contributed by atoms with Crippen molar-refractivity contribution in [2.75, 3.05) is 6.61 Å². The Labute approximate surface area is 64.0 Å². The molecule has 0 amide bonds. The van der Waals surface area contributed by atoms with Gasteiger partial charge in [-0.15, -0.1) is 0 Å². The molecule has 0 saturated heterocycles. The quantitative estimate of drug-likeness (QED) is 0.272. The molecule has 0 aromatic rings. The van der Waals surface area contributed by atoms with Crippen LogP contribution in [-0.2, 0) is 23.8 Å². The molecule has 11 heavy (non-hydrogen) atoms. The molecule has 0 rings (SSSR count). The first kappa shape index (κ1) is 9.92. The summed E-state index contributed by atoms with van der Waals surface area (Å²) in [7, 11) is 1.18. The average Bonchev–Trinajstić information content (AvgIpc) is 2.05. The van der Waals surface area contributed by atoms with Crippen LogP contribution in [0.25, 0.3) is 0 Å². The van der Waals surface area contributed by atoms with Gasteiger partial charge >= 0.3 is 14.0 Å². The van der Waals surface area contributed by atoms with E-state index in [4.69, 9.17) is 5.90 Å². The molecular weight excluding hydrogens is 153 g/mol. The average molecular weight is 161 g/mol. The van der Waals surface area contributed by atoms with Gasteiger partial charge in [-0.3, -0.25) is 14.4 Å². The van der Waals surface area contributed by atoms with Gasteiger partial charge in [0.2, 0.25) is 6.10 Å². The van der Waals surface area contributed by atoms with E-state index < -0.39 is 12.1 Å². The Bertz CT molecular complexity index is 140. The van der Waals surface area contributed by atoms with Gasteiger partial charge in [0.25, 0.3) is 6.47 Å². The van der Waals surface area contributed by atoms with Crippen molar-refractivity contribution in [1.29, 1.82) is 0 Å². The zero-order chi connectivity index (χ0) is 8.69. The van der Waals surface area contributed by atoms with Gasteiger partial charge in [-0.1, -0.05) is 0 Å². The predicted octanol–water partition coefficient (Wildman–Crippen LogP) is -2.49. The molecule has 6 nitrogen and oxygen atoms in total. The third-order valence-electron chi connectivity index (χ3n) is 0.944. The molecule has 0 heterocycles. The van der Waals surface area contributed by atoms with E-state index in [-0.39, 0.29) is 13.1 Å². The lowest BCUT2D eigenvalue weighted by Gasteiger charge is -2.09. The normalized spacial score (nSPS) is 11.7. The van der Waals surface area contributed by atoms with Gasteiger partial charge in [-0.05, 0) is 0 Å². The van der Waals surface area contributed by atoms with Crippen LogP contribution in [0.15, 0.2) is 0 Å². The Hall–Kier alpha value is -1.08. The lowest BCUT2D eigenvalue weighted by atomic mass is 10.4. The van der Waals surface area contributed by atoms with Crippen LogP contribution in [0.3, 0.4) is 0 Å². The fourth-order valence-electron chi connectivity index (χ4n) is 0.421. The molecule has 0 saturated carbocycles. The first-order valence-electron chi connectivity index (χ1n) is 2.74. The van der Waals surface area contributed by atoms with Crippen LogP contribution >= 0.6 is 0 Å². The fourth-order valence-corrected chi connectivity index (χ4v) is 0.421. The molecule has 7 heteroatoms. The van der Waals surface area contributed by atoms with E-state index >= 15 is 0 Å². The molecule has 0 aliphatic rings. The van der Waals surface area contributed by atoms with Crippen LogP contribution in [0.4, 0.5) is 0 Å². The maximum Gasteiger partial charge on any atom is 0.326 e. The second kappa shape index (κ2) is 5.69. The van der Waals surface area contributed by atoms with Gasteiger partial charge < -0.3 is 9.39 Å². The van der Waals surface area contributed by atoms with Crippen LogP contribution in [0, 0.1) is 0 Å². The van der Waals surface area contributed by atoms with E-state index in [2.05, 4.69) is 14.2 Å². The maximum atomic E-state index is 10.6. The molecule has 1 atom stereocenters. The summed E-state index contributed by atoms with van der Waals surface area (Å²) >= 11 is 0. The third kappa shape index (κ3) is 3.59. The Morgan fingerprint density at radius 2 is 2.36 bits per heavy atom. The van der Waals surface area contributed by atoms with Crippen molar-refractivity contribution < 1.29 is 23.8 Å². The number of rotatable bonds is 5. The summed E-state index contributed by atoms with van der Waals surface area (Å²) < 4.78 is 8.48. The highest BCUT2D eigenvalue weighted by Gasteiger charge is 2.18. The summed E-state index contributed by atoms with van der Waals surface area (Å²) in [5, 5.41) is 0. The molecule has 2 N–H and O–H groups in total. The van der Waals surface area contributed by atoms with Crippen LogP contribution < -0.4 is 5.90 Å². The summed E-state index contributed by atoms with van der Waals surface area (Å²) in [6.45, 7) is -0.0539. The van der Waals surface area contributed by atoms with Crippen molar-refractivity contribution >= 4 is 20.5 Å². The van der Waals surface area contributed by atoms with E-state index in [1.807, 2.05) is 0 Å². The monoisotopic (exact) mass is 161 g/mol. The van der Waals surface area contributed by atoms with E-state index in [0.717, 1.165) is 0 Å². The molecule has 0 aliphatic heterocycles. The van der Waals surface area contributed by atoms with Crippen LogP contribution in [0.2, 0.25) is 0 Å². The highest BCUT2D eigenvalue weighted by molar-refractivity contribution is 6.06. The van der Waals surface area contributed by atoms with E-state index in [0.29, 0.717) is 0 Å². The first-order valence-corrected chi connectivity index (χ1v) is 2.74. The summed E-state index contributed by atoms with van der Waals surface area (Å²) in [5.41, 5.74) is 0. The molecule has 0 aromatic heterocycles. The van der Waals surface area contributed by atoms with Crippen LogP contribution in [-0.4, -0.2) is 33.2 Å². The van der Waals surface area contributed by atoms with Gasteiger partial charge in [0.05, 0.1) is 0 Å². The maximum absolute atomic E-state index is 10.6. The second-order valence-corrected chi connectivity index (χ2v) is 1.58. The zero-order valence-corrected chi connectivity index (χ0v) is 5.98. The topological polar surface area (TPSA) is 87.8 Å². The van der Waals surface area contributed by atoms with Crippen molar-refractivity contribution in [3.05, 3.63) is 0 Å². The lowest BCUT2D eigenvalue weighted by Crippen LogP contribution is -2.33. The van der Waals surface area contributed by atoms with Gasteiger partial charge in [0.15, 0.2) is 0 Å². The third-order valence-corrected chi connectivity index (χ3v) is 0.944. The lowest BCUT2D eigenvalue weighted by molar-refractivity contribution is -0.153. The molecule has 0 spiro atoms. The van der Waals surface area contributed by atoms with Gasteiger partial charge in [-0.25, -0.2) is 5.90 Å². The minimum absolute atomic E-state index is 0.189. The summed E-state index contributed by atoms with van der Waals surface area (Å²) in [6, 6.07) is 0. The largest absolute Gasteiger partial charge is 0.541 e. The summed E-state index contributed by atoms with van der Waals surface area (Å²) in [4.78, 5) is 24.4. The summed E-state index contributed by atoms with van der Waals surface area (Å²) in [5.74, 6) is 4.01. The van der Waals surface area contributed by atoms with Gasteiger partial charge in [-0.2, -0.15) is 0 Å². The number of nitrogens with two attached hydrogens (primary N) is 1. The standard InChI is InChI=1S/C4H8BNO5/c5-10-4(8)3(11-6)1-9-2-7/h2-3H,1,5-6H2/t3-/m1/s1. The van der Waals surface area contributed by atoms with Gasteiger partial charge in [0, 0.05) is 0 Å². The Morgan fingerprint density at radius 3 is 2.73 bits per heavy atom. The SMILES string of the molecule is BOC(=O)[C@@H](COC=O)ON. The highest BCUT2D eigenvalue weighted by Crippen LogP contribution is 1.90. The fraction of sp³-hybridized carbons (Fsp3) is 0.500. The highest BCUT2D eigenvalue weighted by atomic mass is 16.7. The van der Waals surface area contributed by atoms with E-state index in [1.54, 1.807) is 0 Å². The number of carbonyl (C=O) groups excluding carboxylic acids is 2. The number of ether oxygens (including phenoxy) is 1. The van der Waals surface area contributed by atoms with E-state index in [9.17, 15) is 9.59 Å². The molecule has 0 bridgehead atoms. The molecule has 0 aliphatic carbocycles. The molecule has 0 fully saturated rings. The molecule has 0 aromatic carbocycles. The predicted molar refractivity (Wildman–Crippen MR) is 35.7 cm³/mol. The van der Waals surface area contributed by atoms with Crippen molar-refractivity contribution in [2.45, 2.75) is 6.10 Å². The van der Waals surface area contributed by atoms with Crippen molar-refractivity contribution in [3.8, 4) is 0 Å². The van der Waals surface area contributed by atoms with Crippen molar-refractivity contribution in [3.63, 3.8) is 0 Å². The van der Waals surface area contributed by atoms with Gasteiger partial charge in [0.1, 0.15) is 6.61 Å².